The van der Waals surface area contributed by atoms with Gasteiger partial charge in [-0.2, -0.15) is 9.57 Å². The molecule has 1 fully saturated rings. The summed E-state index contributed by atoms with van der Waals surface area (Å²) in [7, 11) is -3.74. The van der Waals surface area contributed by atoms with E-state index in [0.717, 1.165) is 19.0 Å². The molecular formula is C19H20FN3O2S. The number of benzene rings is 2. The number of piperazine rings is 1. The molecule has 26 heavy (non-hydrogen) atoms. The van der Waals surface area contributed by atoms with Crippen LogP contribution < -0.4 is 0 Å². The van der Waals surface area contributed by atoms with E-state index in [1.54, 1.807) is 6.07 Å². The van der Waals surface area contributed by atoms with E-state index in [1.165, 1.54) is 22.0 Å². The third kappa shape index (κ3) is 4.10. The molecule has 0 aromatic heterocycles. The Labute approximate surface area is 153 Å². The lowest BCUT2D eigenvalue weighted by molar-refractivity contribution is 0.190. The molecule has 7 heteroatoms. The second kappa shape index (κ2) is 7.96. The highest BCUT2D eigenvalue weighted by molar-refractivity contribution is 7.89. The lowest BCUT2D eigenvalue weighted by atomic mass is 10.1. The van der Waals surface area contributed by atoms with Gasteiger partial charge in [-0.3, -0.25) is 0 Å². The topological polar surface area (TPSA) is 64.4 Å². The van der Waals surface area contributed by atoms with Gasteiger partial charge >= 0.3 is 0 Å². The van der Waals surface area contributed by atoms with Crippen molar-refractivity contribution in [3.8, 4) is 6.07 Å². The van der Waals surface area contributed by atoms with Crippen molar-refractivity contribution in [1.82, 2.24) is 9.21 Å². The van der Waals surface area contributed by atoms with Crippen molar-refractivity contribution in [3.63, 3.8) is 0 Å². The predicted octanol–water partition coefficient (Wildman–Crippen LogP) is 2.25. The van der Waals surface area contributed by atoms with Crippen molar-refractivity contribution in [2.75, 3.05) is 32.7 Å². The normalized spacial score (nSPS) is 16.3. The summed E-state index contributed by atoms with van der Waals surface area (Å²) in [5, 5.41) is 8.77. The van der Waals surface area contributed by atoms with Gasteiger partial charge in [0.25, 0.3) is 0 Å². The summed E-state index contributed by atoms with van der Waals surface area (Å²) >= 11 is 0. The van der Waals surface area contributed by atoms with Crippen molar-refractivity contribution in [2.45, 2.75) is 11.3 Å². The van der Waals surface area contributed by atoms with Crippen molar-refractivity contribution < 1.29 is 12.8 Å². The number of hydrogen-bond acceptors (Lipinski definition) is 4. The van der Waals surface area contributed by atoms with Gasteiger partial charge in [0.1, 0.15) is 11.9 Å². The van der Waals surface area contributed by atoms with Crippen LogP contribution >= 0.6 is 0 Å². The molecule has 3 rings (SSSR count). The Morgan fingerprint density at radius 1 is 1.04 bits per heavy atom. The summed E-state index contributed by atoms with van der Waals surface area (Å²) in [5.41, 5.74) is 1.10. The van der Waals surface area contributed by atoms with Crippen LogP contribution in [-0.2, 0) is 16.4 Å². The van der Waals surface area contributed by atoms with Crippen LogP contribution in [0.4, 0.5) is 4.39 Å². The van der Waals surface area contributed by atoms with Crippen LogP contribution in [-0.4, -0.2) is 50.3 Å². The van der Waals surface area contributed by atoms with Gasteiger partial charge in [0.2, 0.25) is 10.0 Å². The highest BCUT2D eigenvalue weighted by atomic mass is 32.2. The smallest absolute Gasteiger partial charge is 0.243 e. The fourth-order valence-corrected chi connectivity index (χ4v) is 4.46. The number of rotatable bonds is 5. The molecule has 0 unspecified atom stereocenters. The predicted molar refractivity (Wildman–Crippen MR) is 96.5 cm³/mol. The Kier molecular flexibility index (Phi) is 5.67. The third-order valence-electron chi connectivity index (χ3n) is 4.59. The Morgan fingerprint density at radius 2 is 1.73 bits per heavy atom. The molecule has 0 N–H and O–H groups in total. The van der Waals surface area contributed by atoms with Crippen LogP contribution in [0, 0.1) is 17.1 Å². The van der Waals surface area contributed by atoms with E-state index in [2.05, 4.69) is 17.0 Å². The first-order chi connectivity index (χ1) is 12.5. The van der Waals surface area contributed by atoms with Crippen LogP contribution in [0.3, 0.4) is 0 Å². The van der Waals surface area contributed by atoms with Gasteiger partial charge < -0.3 is 4.90 Å². The minimum atomic E-state index is -3.74. The Bertz CT molecular complexity index is 902. The molecule has 2 aromatic carbocycles. The largest absolute Gasteiger partial charge is 0.300 e. The van der Waals surface area contributed by atoms with Crippen LogP contribution in [0.5, 0.6) is 0 Å². The minimum absolute atomic E-state index is 0.105. The maximum atomic E-state index is 13.8. The zero-order valence-electron chi connectivity index (χ0n) is 14.3. The van der Waals surface area contributed by atoms with Crippen LogP contribution in [0.1, 0.15) is 11.1 Å². The fraction of sp³-hybridized carbons (Fsp3) is 0.316. The van der Waals surface area contributed by atoms with Crippen molar-refractivity contribution in [2.24, 2.45) is 0 Å². The maximum Gasteiger partial charge on any atom is 0.243 e. The molecule has 0 amide bonds. The first-order valence-electron chi connectivity index (χ1n) is 8.47. The van der Waals surface area contributed by atoms with E-state index >= 15 is 0 Å². The molecule has 2 aromatic rings. The molecule has 0 radical (unpaired) electrons. The van der Waals surface area contributed by atoms with E-state index in [4.69, 9.17) is 5.26 Å². The number of nitrogens with zero attached hydrogens (tertiary/aromatic N) is 3. The summed E-state index contributed by atoms with van der Waals surface area (Å²) in [4.78, 5) is 2.13. The molecule has 0 spiro atoms. The summed E-state index contributed by atoms with van der Waals surface area (Å²) in [6, 6.07) is 15.3. The average molecular weight is 373 g/mol. The molecule has 0 atom stereocenters. The summed E-state index contributed by atoms with van der Waals surface area (Å²) in [5.74, 6) is -0.810. The molecule has 1 aliphatic rings. The molecule has 0 aliphatic carbocycles. The van der Waals surface area contributed by atoms with E-state index in [0.29, 0.717) is 26.2 Å². The quantitative estimate of drug-likeness (QED) is 0.806. The fourth-order valence-electron chi connectivity index (χ4n) is 3.02. The zero-order valence-corrected chi connectivity index (χ0v) is 15.1. The lowest BCUT2D eigenvalue weighted by Crippen LogP contribution is -2.49. The van der Waals surface area contributed by atoms with E-state index in [9.17, 15) is 12.8 Å². The van der Waals surface area contributed by atoms with Gasteiger partial charge in [0.05, 0.1) is 10.5 Å². The Morgan fingerprint density at radius 3 is 2.35 bits per heavy atom. The van der Waals surface area contributed by atoms with Gasteiger partial charge in [-0.25, -0.2) is 12.8 Å². The van der Waals surface area contributed by atoms with Crippen LogP contribution in [0.2, 0.25) is 0 Å². The molecule has 1 aliphatic heterocycles. The lowest BCUT2D eigenvalue weighted by Gasteiger charge is -2.34. The molecule has 0 saturated carbocycles. The highest BCUT2D eigenvalue weighted by Gasteiger charge is 2.28. The van der Waals surface area contributed by atoms with Gasteiger partial charge in [0.15, 0.2) is 0 Å². The van der Waals surface area contributed by atoms with Gasteiger partial charge in [-0.05, 0) is 30.2 Å². The molecule has 136 valence electrons. The summed E-state index contributed by atoms with van der Waals surface area (Å²) < 4.78 is 40.5. The second-order valence-electron chi connectivity index (χ2n) is 6.23. The monoisotopic (exact) mass is 373 g/mol. The molecule has 1 saturated heterocycles. The average Bonchev–Trinajstić information content (AvgIpc) is 2.67. The maximum absolute atomic E-state index is 13.8. The highest BCUT2D eigenvalue weighted by Crippen LogP contribution is 2.20. The first-order valence-corrected chi connectivity index (χ1v) is 9.91. The Balaban J connectivity index is 1.60. The number of halogens is 1. The van der Waals surface area contributed by atoms with Crippen LogP contribution in [0.15, 0.2) is 53.4 Å². The molecule has 0 bridgehead atoms. The van der Waals surface area contributed by atoms with Crippen molar-refractivity contribution in [1.29, 1.82) is 5.26 Å². The van der Waals surface area contributed by atoms with Gasteiger partial charge in [-0.15, -0.1) is 0 Å². The molecule has 5 nitrogen and oxygen atoms in total. The number of hydrogen-bond donors (Lipinski definition) is 0. The number of sulfonamides is 1. The van der Waals surface area contributed by atoms with E-state index in [1.807, 2.05) is 18.2 Å². The number of nitriles is 1. The summed E-state index contributed by atoms with van der Waals surface area (Å²) in [6.07, 6.45) is 0.925. The van der Waals surface area contributed by atoms with Crippen LogP contribution in [0.25, 0.3) is 0 Å². The van der Waals surface area contributed by atoms with Gasteiger partial charge in [0, 0.05) is 32.7 Å². The minimum Gasteiger partial charge on any atom is -0.300 e. The third-order valence-corrected chi connectivity index (χ3v) is 6.48. The molecular weight excluding hydrogens is 353 g/mol. The van der Waals surface area contributed by atoms with Gasteiger partial charge in [-0.1, -0.05) is 30.3 Å². The Hall–Kier alpha value is -2.27. The summed E-state index contributed by atoms with van der Waals surface area (Å²) in [6.45, 7) is 2.91. The molecule has 1 heterocycles. The van der Waals surface area contributed by atoms with Crippen molar-refractivity contribution in [3.05, 3.63) is 65.5 Å². The standard InChI is InChI=1S/C19H20FN3O2S/c20-19-14-18(7-6-17(19)15-21)26(24,25)23-12-10-22(11-13-23)9-8-16-4-2-1-3-5-16/h1-7,14H,8-13H2. The first kappa shape index (κ1) is 18.5. The van der Waals surface area contributed by atoms with E-state index < -0.39 is 15.8 Å². The zero-order chi connectivity index (χ0) is 18.6. The second-order valence-corrected chi connectivity index (χ2v) is 8.17. The van der Waals surface area contributed by atoms with E-state index in [-0.39, 0.29) is 10.5 Å². The SMILES string of the molecule is N#Cc1ccc(S(=O)(=O)N2CCN(CCc3ccccc3)CC2)cc1F. The van der Waals surface area contributed by atoms with Crippen molar-refractivity contribution >= 4 is 10.0 Å².